The molecule has 0 fully saturated rings. The normalized spacial score (nSPS) is 17.8. The van der Waals surface area contributed by atoms with Gasteiger partial charge in [0.05, 0.1) is 0 Å². The molecule has 9 heteroatoms. The van der Waals surface area contributed by atoms with Crippen LogP contribution in [0, 0.1) is 0 Å². The third-order valence-corrected chi connectivity index (χ3v) is 6.24. The van der Waals surface area contributed by atoms with Crippen LogP contribution < -0.4 is 0 Å². The third kappa shape index (κ3) is 5.83. The predicted molar refractivity (Wildman–Crippen MR) is 121 cm³/mol. The number of nitrogens with zero attached hydrogens (tertiary/aromatic N) is 4. The molecule has 1 aromatic carbocycles. The minimum atomic E-state index is -2.57. The second kappa shape index (κ2) is 11.0. The Morgan fingerprint density at radius 2 is 2.13 bits per heavy atom. The number of rotatable bonds is 8. The van der Waals surface area contributed by atoms with Crippen molar-refractivity contribution < 1.29 is 13.9 Å². The summed E-state index contributed by atoms with van der Waals surface area (Å²) in [4.78, 5) is 1.68. The number of hydrogen-bond acceptors (Lipinski definition) is 5. The molecular formula is C22H25ClF2N4OS. The number of benzene rings is 1. The van der Waals surface area contributed by atoms with Crippen LogP contribution in [0.15, 0.2) is 58.8 Å². The minimum absolute atomic E-state index is 0.0141. The van der Waals surface area contributed by atoms with Gasteiger partial charge in [-0.15, -0.1) is 10.2 Å². The fourth-order valence-electron chi connectivity index (χ4n) is 3.20. The maximum atomic E-state index is 13.5. The molecule has 2 aromatic rings. The van der Waals surface area contributed by atoms with Gasteiger partial charge in [0.1, 0.15) is 0 Å². The molecular weight excluding hydrogens is 442 g/mol. The molecule has 1 aromatic heterocycles. The molecule has 0 aliphatic carbocycles. The summed E-state index contributed by atoms with van der Waals surface area (Å²) in [6, 6.07) is 7.58. The van der Waals surface area contributed by atoms with Gasteiger partial charge in [-0.05, 0) is 25.0 Å². The zero-order chi connectivity index (χ0) is 22.4. The molecule has 3 rings (SSSR count). The van der Waals surface area contributed by atoms with Crippen LogP contribution in [0.1, 0.15) is 37.9 Å². The van der Waals surface area contributed by atoms with E-state index in [1.807, 2.05) is 37.3 Å². The van der Waals surface area contributed by atoms with Gasteiger partial charge in [-0.3, -0.25) is 9.47 Å². The van der Waals surface area contributed by atoms with Crippen molar-refractivity contribution in [3.63, 3.8) is 0 Å². The number of aliphatic hydroxyl groups excluding tert-OH is 1. The van der Waals surface area contributed by atoms with Gasteiger partial charge >= 0.3 is 0 Å². The van der Waals surface area contributed by atoms with Crippen molar-refractivity contribution in [3.05, 3.63) is 70.1 Å². The van der Waals surface area contributed by atoms with E-state index in [1.165, 1.54) is 17.8 Å². The van der Waals surface area contributed by atoms with Crippen molar-refractivity contribution >= 4 is 29.6 Å². The van der Waals surface area contributed by atoms with Crippen LogP contribution in [0.25, 0.3) is 6.20 Å². The average Bonchev–Trinajstić information content (AvgIpc) is 3.07. The van der Waals surface area contributed by atoms with E-state index in [2.05, 4.69) is 10.2 Å². The summed E-state index contributed by atoms with van der Waals surface area (Å²) in [5.41, 5.74) is 1.47. The quantitative estimate of drug-likeness (QED) is 0.408. The van der Waals surface area contributed by atoms with Gasteiger partial charge in [-0.2, -0.15) is 0 Å². The summed E-state index contributed by atoms with van der Waals surface area (Å²) in [6.07, 6.45) is 3.88. The Labute approximate surface area is 190 Å². The topological polar surface area (TPSA) is 54.2 Å². The molecule has 1 aliphatic heterocycles. The Morgan fingerprint density at radius 3 is 2.84 bits per heavy atom. The molecule has 0 saturated carbocycles. The van der Waals surface area contributed by atoms with Crippen molar-refractivity contribution in [2.24, 2.45) is 0 Å². The molecule has 0 amide bonds. The molecule has 1 atom stereocenters. The van der Waals surface area contributed by atoms with Gasteiger partial charge in [0.25, 0.3) is 6.43 Å². The average molecular weight is 467 g/mol. The molecule has 1 aliphatic rings. The molecule has 1 unspecified atom stereocenters. The number of aliphatic hydroxyl groups is 1. The lowest BCUT2D eigenvalue weighted by Crippen LogP contribution is -2.31. The molecule has 166 valence electrons. The number of fused-ring (bicyclic) bond motifs is 1. The predicted octanol–water partition coefficient (Wildman–Crippen LogP) is 5.55. The summed E-state index contributed by atoms with van der Waals surface area (Å²) < 4.78 is 28.6. The first kappa shape index (κ1) is 23.7. The van der Waals surface area contributed by atoms with E-state index in [4.69, 9.17) is 11.6 Å². The summed E-state index contributed by atoms with van der Waals surface area (Å²) in [6.45, 7) is 4.14. The van der Waals surface area contributed by atoms with Crippen LogP contribution in [0.5, 0.6) is 0 Å². The first-order chi connectivity index (χ1) is 14.9. The lowest BCUT2D eigenvalue weighted by atomic mass is 10.1. The van der Waals surface area contributed by atoms with Crippen LogP contribution in [-0.2, 0) is 5.75 Å². The van der Waals surface area contributed by atoms with Crippen molar-refractivity contribution in [1.82, 2.24) is 19.7 Å². The number of thioether (sulfide) groups is 1. The lowest BCUT2D eigenvalue weighted by Gasteiger charge is -2.25. The lowest BCUT2D eigenvalue weighted by molar-refractivity contribution is 0.00906. The van der Waals surface area contributed by atoms with Crippen LogP contribution in [0.4, 0.5) is 8.78 Å². The monoisotopic (exact) mass is 466 g/mol. The first-order valence-corrected chi connectivity index (χ1v) is 11.3. The van der Waals surface area contributed by atoms with Crippen molar-refractivity contribution in [1.29, 1.82) is 0 Å². The highest BCUT2D eigenvalue weighted by atomic mass is 35.5. The molecule has 0 saturated heterocycles. The third-order valence-electron chi connectivity index (χ3n) is 4.88. The van der Waals surface area contributed by atoms with Gasteiger partial charge < -0.3 is 5.11 Å². The van der Waals surface area contributed by atoms with Crippen LogP contribution in [-0.4, -0.2) is 44.3 Å². The van der Waals surface area contributed by atoms with Gasteiger partial charge in [-0.25, -0.2) is 8.78 Å². The van der Waals surface area contributed by atoms with Gasteiger partial charge in [0.15, 0.2) is 17.2 Å². The zero-order valence-electron chi connectivity index (χ0n) is 17.4. The van der Waals surface area contributed by atoms with E-state index in [0.717, 1.165) is 5.56 Å². The molecule has 0 spiro atoms. The second-order valence-electron chi connectivity index (χ2n) is 7.13. The Hall–Kier alpha value is -2.00. The van der Waals surface area contributed by atoms with Gasteiger partial charge in [0, 0.05) is 35.6 Å². The van der Waals surface area contributed by atoms with E-state index >= 15 is 0 Å². The highest BCUT2D eigenvalue weighted by Gasteiger charge is 2.27. The van der Waals surface area contributed by atoms with E-state index in [-0.39, 0.29) is 12.1 Å². The van der Waals surface area contributed by atoms with E-state index in [1.54, 1.807) is 28.7 Å². The fraction of sp³-hybridized carbons (Fsp3) is 0.364. The van der Waals surface area contributed by atoms with Crippen molar-refractivity contribution in [3.8, 4) is 0 Å². The van der Waals surface area contributed by atoms with Crippen molar-refractivity contribution in [2.75, 3.05) is 13.1 Å². The van der Waals surface area contributed by atoms with Crippen LogP contribution in [0.3, 0.4) is 0 Å². The number of aromatic nitrogens is 3. The zero-order valence-corrected chi connectivity index (χ0v) is 19.0. The largest absolute Gasteiger partial charge is 0.371 e. The molecule has 0 bridgehead atoms. The van der Waals surface area contributed by atoms with Gasteiger partial charge in [0.2, 0.25) is 0 Å². The van der Waals surface area contributed by atoms with Crippen molar-refractivity contribution in [2.45, 2.75) is 43.8 Å². The van der Waals surface area contributed by atoms with Gasteiger partial charge in [-0.1, -0.05) is 72.3 Å². The maximum absolute atomic E-state index is 13.5. The van der Waals surface area contributed by atoms with E-state index in [0.29, 0.717) is 40.3 Å². The molecule has 2 heterocycles. The number of alkyl halides is 2. The summed E-state index contributed by atoms with van der Waals surface area (Å²) in [5, 5.41) is 20.6. The van der Waals surface area contributed by atoms with Crippen LogP contribution in [0.2, 0.25) is 5.02 Å². The maximum Gasteiger partial charge on any atom is 0.263 e. The van der Waals surface area contributed by atoms with E-state index in [9.17, 15) is 13.9 Å². The summed E-state index contributed by atoms with van der Waals surface area (Å²) >= 11 is 7.68. The smallest absolute Gasteiger partial charge is 0.263 e. The molecule has 31 heavy (non-hydrogen) atoms. The first-order valence-electron chi connectivity index (χ1n) is 9.96. The standard InChI is InChI=1S/C22H25ClF2N4OS/c1-3-4-9-17(19(24)25)15(2)13-28-11-7-12-29-20(21(28)30)26-27-22(29)31-14-16-8-5-6-10-18(16)23/h4-10,12,19,21,30H,3,11,13-14H2,1-2H3/b9-4-,17-15+. The minimum Gasteiger partial charge on any atom is -0.371 e. The Morgan fingerprint density at radius 1 is 1.35 bits per heavy atom. The number of hydrogen-bond donors (Lipinski definition) is 1. The SMILES string of the molecule is CC/C=C\C(=C(\C)CN1CC=Cn2c(SCc3ccccc3Cl)nnc2C1O)C(F)F. The fourth-order valence-corrected chi connectivity index (χ4v) is 4.41. The summed E-state index contributed by atoms with van der Waals surface area (Å²) in [5.74, 6) is 0.959. The molecule has 0 radical (unpaired) electrons. The highest BCUT2D eigenvalue weighted by Crippen LogP contribution is 2.30. The van der Waals surface area contributed by atoms with Crippen LogP contribution >= 0.6 is 23.4 Å². The molecule has 1 N–H and O–H groups in total. The number of allylic oxidation sites excluding steroid dienone is 3. The highest BCUT2D eigenvalue weighted by molar-refractivity contribution is 7.98. The summed E-state index contributed by atoms with van der Waals surface area (Å²) in [7, 11) is 0. The molecule has 5 nitrogen and oxygen atoms in total. The van der Waals surface area contributed by atoms with E-state index < -0.39 is 12.7 Å². The second-order valence-corrected chi connectivity index (χ2v) is 8.48. The number of halogens is 3. The Bertz CT molecular complexity index is 990. The Kier molecular flexibility index (Phi) is 8.43. The Balaban J connectivity index is 1.77.